The van der Waals surface area contributed by atoms with Crippen LogP contribution < -0.4 is 0 Å². The van der Waals surface area contributed by atoms with Crippen LogP contribution >= 0.6 is 7.82 Å². The summed E-state index contributed by atoms with van der Waals surface area (Å²) in [6.07, 6.45) is 0.447. The maximum Gasteiger partial charge on any atom is 0.474 e. The minimum Gasteiger partial charge on any atom is -0.460 e. The van der Waals surface area contributed by atoms with Crippen LogP contribution in [0.2, 0.25) is 18.1 Å². The van der Waals surface area contributed by atoms with Crippen molar-refractivity contribution in [2.45, 2.75) is 58.9 Å². The fourth-order valence-electron chi connectivity index (χ4n) is 1.50. The first-order valence-electron chi connectivity index (χ1n) is 8.41. The number of ether oxygens (including phenoxy) is 1. The zero-order valence-corrected chi connectivity index (χ0v) is 18.4. The van der Waals surface area contributed by atoms with Crippen molar-refractivity contribution in [2.75, 3.05) is 26.4 Å². The average Bonchev–Trinajstić information content (AvgIpc) is 2.48. The van der Waals surface area contributed by atoms with Crippen LogP contribution in [-0.4, -0.2) is 46.8 Å². The molecule has 7 nitrogen and oxygen atoms in total. The fourth-order valence-corrected chi connectivity index (χ4v) is 3.91. The molecule has 0 radical (unpaired) electrons. The first kappa shape index (κ1) is 24.5. The van der Waals surface area contributed by atoms with Crippen molar-refractivity contribution in [3.8, 4) is 0 Å². The van der Waals surface area contributed by atoms with Crippen LogP contribution in [0.15, 0.2) is 12.7 Å². The van der Waals surface area contributed by atoms with Gasteiger partial charge in [0.05, 0.1) is 19.8 Å². The Morgan fingerprint density at radius 3 is 2.08 bits per heavy atom. The van der Waals surface area contributed by atoms with Gasteiger partial charge in [-0.15, -0.1) is 0 Å². The molecule has 0 bridgehead atoms. The summed E-state index contributed by atoms with van der Waals surface area (Å²) >= 11 is 0. The van der Waals surface area contributed by atoms with E-state index in [1.807, 2.05) is 13.1 Å². The Hall–Kier alpha value is -0.503. The lowest BCUT2D eigenvalue weighted by Gasteiger charge is -2.38. The Kier molecular flexibility index (Phi) is 10.4. The Morgan fingerprint density at radius 1 is 1.16 bits per heavy atom. The number of carbonyl (C=O) groups excluding carboxylic acids is 1. The van der Waals surface area contributed by atoms with E-state index in [-0.39, 0.29) is 31.5 Å². The van der Waals surface area contributed by atoms with Crippen LogP contribution in [-0.2, 0) is 32.1 Å². The quantitative estimate of drug-likeness (QED) is 0.210. The standard InChI is InChI=1S/C16H33O7PSi/c1-9-12-19-15(17)14(23-25(7,8)16(4,5)6)13-22-24(18,20-10-2)21-11-3/h9,14H,1,10-13H2,2-8H3/t14-/m0/s1. The molecule has 0 unspecified atom stereocenters. The topological polar surface area (TPSA) is 80.3 Å². The lowest BCUT2D eigenvalue weighted by atomic mass is 10.2. The monoisotopic (exact) mass is 396 g/mol. The highest BCUT2D eigenvalue weighted by molar-refractivity contribution is 7.48. The second kappa shape index (κ2) is 10.6. The Balaban J connectivity index is 5.22. The molecule has 9 heteroatoms. The van der Waals surface area contributed by atoms with Crippen LogP contribution in [0.4, 0.5) is 0 Å². The zero-order valence-electron chi connectivity index (χ0n) is 16.5. The minimum absolute atomic E-state index is 0.0603. The normalized spacial score (nSPS) is 14.2. The van der Waals surface area contributed by atoms with Crippen LogP contribution in [0.1, 0.15) is 34.6 Å². The molecule has 148 valence electrons. The molecule has 0 spiro atoms. The lowest BCUT2D eigenvalue weighted by Crippen LogP contribution is -2.47. The van der Waals surface area contributed by atoms with Crippen LogP contribution in [0, 0.1) is 0 Å². The molecule has 25 heavy (non-hydrogen) atoms. The van der Waals surface area contributed by atoms with E-state index in [1.54, 1.807) is 13.8 Å². The van der Waals surface area contributed by atoms with Gasteiger partial charge < -0.3 is 9.16 Å². The Bertz CT molecular complexity index is 464. The van der Waals surface area contributed by atoms with Gasteiger partial charge in [-0.25, -0.2) is 9.36 Å². The van der Waals surface area contributed by atoms with Crippen molar-refractivity contribution >= 4 is 22.1 Å². The highest BCUT2D eigenvalue weighted by atomic mass is 31.2. The number of esters is 1. The molecule has 1 atom stereocenters. The van der Waals surface area contributed by atoms with Crippen molar-refractivity contribution in [3.63, 3.8) is 0 Å². The molecule has 0 aliphatic rings. The summed E-state index contributed by atoms with van der Waals surface area (Å²) in [6, 6.07) is 0. The molecular formula is C16H33O7PSi. The molecule has 0 aromatic heterocycles. The number of hydrogen-bond acceptors (Lipinski definition) is 7. The average molecular weight is 396 g/mol. The van der Waals surface area contributed by atoms with E-state index < -0.39 is 28.2 Å². The van der Waals surface area contributed by atoms with Gasteiger partial charge in [0.25, 0.3) is 0 Å². The van der Waals surface area contributed by atoms with Gasteiger partial charge in [-0.3, -0.25) is 13.6 Å². The molecule has 0 heterocycles. The molecular weight excluding hydrogens is 363 g/mol. The van der Waals surface area contributed by atoms with Crippen molar-refractivity contribution in [2.24, 2.45) is 0 Å². The lowest BCUT2D eigenvalue weighted by molar-refractivity contribution is -0.153. The second-order valence-electron chi connectivity index (χ2n) is 6.86. The highest BCUT2D eigenvalue weighted by Crippen LogP contribution is 2.49. The van der Waals surface area contributed by atoms with Crippen LogP contribution in [0.25, 0.3) is 0 Å². The second-order valence-corrected chi connectivity index (χ2v) is 13.3. The third kappa shape index (κ3) is 8.62. The first-order chi connectivity index (χ1) is 11.4. The van der Waals surface area contributed by atoms with E-state index >= 15 is 0 Å². The largest absolute Gasteiger partial charge is 0.474 e. The predicted molar refractivity (Wildman–Crippen MR) is 100 cm³/mol. The van der Waals surface area contributed by atoms with E-state index in [4.69, 9.17) is 22.7 Å². The fraction of sp³-hybridized carbons (Fsp3) is 0.812. The number of phosphoric ester groups is 1. The van der Waals surface area contributed by atoms with Crippen molar-refractivity contribution in [1.29, 1.82) is 0 Å². The Morgan fingerprint density at radius 2 is 1.68 bits per heavy atom. The van der Waals surface area contributed by atoms with Gasteiger partial charge in [0.15, 0.2) is 14.4 Å². The van der Waals surface area contributed by atoms with Gasteiger partial charge in [0.1, 0.15) is 6.61 Å². The molecule has 0 saturated carbocycles. The SMILES string of the molecule is C=CCOC(=O)[C@H](COP(=O)(OCC)OCC)O[Si](C)(C)C(C)(C)C. The van der Waals surface area contributed by atoms with E-state index in [1.165, 1.54) is 6.08 Å². The first-order valence-corrected chi connectivity index (χ1v) is 12.8. The maximum atomic E-state index is 12.4. The number of hydrogen-bond donors (Lipinski definition) is 0. The van der Waals surface area contributed by atoms with Gasteiger partial charge in [0.2, 0.25) is 0 Å². The van der Waals surface area contributed by atoms with Gasteiger partial charge in [-0.2, -0.15) is 0 Å². The Labute approximate surface area is 152 Å². The van der Waals surface area contributed by atoms with E-state index in [2.05, 4.69) is 27.4 Å². The van der Waals surface area contributed by atoms with Crippen molar-refractivity contribution in [3.05, 3.63) is 12.7 Å². The smallest absolute Gasteiger partial charge is 0.460 e. The molecule has 0 fully saturated rings. The summed E-state index contributed by atoms with van der Waals surface area (Å²) in [7, 11) is -6.02. The molecule has 0 aliphatic carbocycles. The summed E-state index contributed by atoms with van der Waals surface area (Å²) in [5, 5.41) is -0.118. The predicted octanol–water partition coefficient (Wildman–Crippen LogP) is 4.30. The molecule has 0 aromatic carbocycles. The van der Waals surface area contributed by atoms with Gasteiger partial charge in [-0.05, 0) is 32.0 Å². The third-order valence-electron chi connectivity index (χ3n) is 3.81. The summed E-state index contributed by atoms with van der Waals surface area (Å²) in [5.41, 5.74) is 0. The molecule has 0 rings (SSSR count). The van der Waals surface area contributed by atoms with E-state index in [9.17, 15) is 9.36 Å². The van der Waals surface area contributed by atoms with Gasteiger partial charge >= 0.3 is 13.8 Å². The summed E-state index contributed by atoms with van der Waals surface area (Å²) < 4.78 is 39.1. The van der Waals surface area contributed by atoms with Crippen molar-refractivity contribution < 1.29 is 32.1 Å². The summed E-state index contributed by atoms with van der Waals surface area (Å²) in [4.78, 5) is 12.3. The van der Waals surface area contributed by atoms with Gasteiger partial charge in [-0.1, -0.05) is 33.4 Å². The number of phosphoric acid groups is 1. The summed E-state index contributed by atoms with van der Waals surface area (Å²) in [5.74, 6) is -0.593. The van der Waals surface area contributed by atoms with E-state index in [0.717, 1.165) is 0 Å². The molecule has 0 N–H and O–H groups in total. The molecule has 0 aromatic rings. The third-order valence-corrected chi connectivity index (χ3v) is 9.91. The zero-order chi connectivity index (χ0) is 19.7. The molecule has 0 aliphatic heterocycles. The molecule has 0 amide bonds. The number of rotatable bonds is 12. The van der Waals surface area contributed by atoms with Crippen molar-refractivity contribution in [1.82, 2.24) is 0 Å². The number of carbonyl (C=O) groups is 1. The van der Waals surface area contributed by atoms with Crippen LogP contribution in [0.3, 0.4) is 0 Å². The minimum atomic E-state index is -3.74. The maximum absolute atomic E-state index is 12.4. The van der Waals surface area contributed by atoms with E-state index in [0.29, 0.717) is 0 Å². The molecule has 0 saturated heterocycles. The summed E-state index contributed by atoms with van der Waals surface area (Å²) in [6.45, 7) is 17.1. The highest BCUT2D eigenvalue weighted by Gasteiger charge is 2.42. The van der Waals surface area contributed by atoms with Crippen LogP contribution in [0.5, 0.6) is 0 Å². The van der Waals surface area contributed by atoms with Gasteiger partial charge in [0, 0.05) is 0 Å².